The maximum Gasteiger partial charge on any atom is 0.323 e. The van der Waals surface area contributed by atoms with Gasteiger partial charge >= 0.3 is 6.03 Å². The summed E-state index contributed by atoms with van der Waals surface area (Å²) in [6.45, 7) is 6.70. The number of carboxylic acid groups (broad SMARTS) is 1. The molecule has 1 aliphatic heterocycles. The molecule has 1 aromatic carbocycles. The van der Waals surface area contributed by atoms with E-state index in [1.54, 1.807) is 36.9 Å². The minimum atomic E-state index is -0.955. The number of nitriles is 1. The van der Waals surface area contributed by atoms with Crippen LogP contribution in [0.4, 0.5) is 9.93 Å². The lowest BCUT2D eigenvalue weighted by Crippen LogP contribution is -2.60. The predicted molar refractivity (Wildman–Crippen MR) is 147 cm³/mol. The van der Waals surface area contributed by atoms with Crippen molar-refractivity contribution in [3.05, 3.63) is 52.8 Å². The van der Waals surface area contributed by atoms with Crippen LogP contribution in [-0.2, 0) is 11.2 Å². The summed E-state index contributed by atoms with van der Waals surface area (Å²) in [4.78, 5) is 33.0. The van der Waals surface area contributed by atoms with Crippen LogP contribution in [-0.4, -0.2) is 68.9 Å². The quantitative estimate of drug-likeness (QED) is 0.269. The topological polar surface area (TPSA) is 151 Å². The Labute approximate surface area is 229 Å². The molecule has 4 N–H and O–H groups in total. The van der Waals surface area contributed by atoms with Gasteiger partial charge in [-0.1, -0.05) is 42.0 Å². The third kappa shape index (κ3) is 7.26. The Morgan fingerprint density at radius 3 is 2.74 bits per heavy atom. The molecule has 0 unspecified atom stereocenters. The molecule has 200 valence electrons. The third-order valence-electron chi connectivity index (χ3n) is 5.89. The van der Waals surface area contributed by atoms with Gasteiger partial charge in [-0.05, 0) is 50.1 Å². The number of rotatable bonds is 5. The van der Waals surface area contributed by atoms with Crippen LogP contribution >= 0.6 is 22.9 Å². The Bertz CT molecular complexity index is 1330. The van der Waals surface area contributed by atoms with Gasteiger partial charge in [0.1, 0.15) is 5.15 Å². The zero-order valence-corrected chi connectivity index (χ0v) is 22.8. The van der Waals surface area contributed by atoms with E-state index in [2.05, 4.69) is 21.7 Å². The summed E-state index contributed by atoms with van der Waals surface area (Å²) in [6, 6.07) is 12.6. The number of aryl methyl sites for hydroxylation is 1. The van der Waals surface area contributed by atoms with Crippen molar-refractivity contribution in [1.29, 1.82) is 5.26 Å². The van der Waals surface area contributed by atoms with E-state index in [-0.39, 0.29) is 18.5 Å². The highest BCUT2D eigenvalue weighted by atomic mass is 35.5. The van der Waals surface area contributed by atoms with Crippen molar-refractivity contribution >= 4 is 40.6 Å². The van der Waals surface area contributed by atoms with Gasteiger partial charge < -0.3 is 20.4 Å². The number of aliphatic hydroxyl groups is 1. The molecule has 1 saturated heterocycles. The smallest absolute Gasteiger partial charge is 0.323 e. The maximum absolute atomic E-state index is 13.1. The summed E-state index contributed by atoms with van der Waals surface area (Å²) >= 11 is 7.64. The second-order valence-electron chi connectivity index (χ2n) is 9.05. The van der Waals surface area contributed by atoms with Gasteiger partial charge in [-0.25, -0.2) is 14.8 Å². The summed E-state index contributed by atoms with van der Waals surface area (Å²) in [5.74, 6) is 0. The van der Waals surface area contributed by atoms with Gasteiger partial charge in [-0.2, -0.15) is 5.26 Å². The van der Waals surface area contributed by atoms with Crippen LogP contribution in [0.3, 0.4) is 0 Å². The minimum Gasteiger partial charge on any atom is -0.483 e. The number of carbonyl (C=O) groups excluding carboxylic acids is 1. The Morgan fingerprint density at radius 2 is 2.08 bits per heavy atom. The Morgan fingerprint density at radius 1 is 1.34 bits per heavy atom. The molecule has 2 aromatic heterocycles. The number of nitrogens with one attached hydrogen (secondary N) is 2. The van der Waals surface area contributed by atoms with Crippen molar-refractivity contribution in [2.45, 2.75) is 38.8 Å². The first kappa shape index (κ1) is 29.0. The van der Waals surface area contributed by atoms with Crippen molar-refractivity contribution in [1.82, 2.24) is 20.2 Å². The lowest BCUT2D eigenvalue weighted by molar-refractivity contribution is -0.122. The van der Waals surface area contributed by atoms with Crippen LogP contribution in [0.25, 0.3) is 21.7 Å². The lowest BCUT2D eigenvalue weighted by atomic mass is 9.97. The van der Waals surface area contributed by atoms with Gasteiger partial charge in [-0.3, -0.25) is 10.1 Å². The third-order valence-corrected chi connectivity index (χ3v) is 7.11. The normalized spacial score (nSPS) is 15.2. The van der Waals surface area contributed by atoms with E-state index in [1.807, 2.05) is 25.1 Å². The summed E-state index contributed by atoms with van der Waals surface area (Å²) in [6.07, 6.45) is 0.723. The van der Waals surface area contributed by atoms with E-state index in [0.29, 0.717) is 41.2 Å². The number of pyridine rings is 1. The first-order valence-corrected chi connectivity index (χ1v) is 13.1. The molecule has 1 aliphatic rings. The molecule has 1 atom stereocenters. The van der Waals surface area contributed by atoms with Crippen LogP contribution in [0, 0.1) is 11.3 Å². The molecule has 3 aromatic rings. The largest absolute Gasteiger partial charge is 0.483 e. The molecule has 12 heteroatoms. The fraction of sp³-hybridized carbons (Fsp3) is 0.346. The van der Waals surface area contributed by atoms with Crippen molar-refractivity contribution in [3.63, 3.8) is 0 Å². The first-order valence-electron chi connectivity index (χ1n) is 11.9. The molecule has 0 spiro atoms. The van der Waals surface area contributed by atoms with Gasteiger partial charge in [0.15, 0.2) is 5.13 Å². The number of anilines is 1. The number of carbonyl (C=O) groups is 2. The first-order chi connectivity index (χ1) is 18.1. The van der Waals surface area contributed by atoms with Crippen LogP contribution in [0.15, 0.2) is 36.4 Å². The van der Waals surface area contributed by atoms with E-state index >= 15 is 0 Å². The van der Waals surface area contributed by atoms with Gasteiger partial charge in [-0.15, -0.1) is 0 Å². The lowest BCUT2D eigenvalue weighted by Gasteiger charge is -2.39. The Balaban J connectivity index is 0.00000127. The number of hydrogen-bond acceptors (Lipinski definition) is 8. The SMILES string of the molecule is CCc1cc(-c2sc(NC(=O)N3CCN[C@H](C(C)(C)O)C3)nc2-c2cccc(C#N)c2)cc(Cl)n1.O=CO. The van der Waals surface area contributed by atoms with Gasteiger partial charge in [0, 0.05) is 30.9 Å². The molecule has 10 nitrogen and oxygen atoms in total. The number of piperazine rings is 1. The van der Waals surface area contributed by atoms with Crippen LogP contribution < -0.4 is 10.6 Å². The molecular weight excluding hydrogens is 528 g/mol. The maximum atomic E-state index is 13.1. The van der Waals surface area contributed by atoms with Crippen molar-refractivity contribution in [2.75, 3.05) is 25.0 Å². The fourth-order valence-corrected chi connectivity index (χ4v) is 5.13. The average molecular weight is 557 g/mol. The molecule has 1 fully saturated rings. The number of nitrogens with zero attached hydrogens (tertiary/aromatic N) is 4. The highest BCUT2D eigenvalue weighted by Gasteiger charge is 2.33. The Hall–Kier alpha value is -3.56. The van der Waals surface area contributed by atoms with Crippen LogP contribution in [0.5, 0.6) is 0 Å². The number of hydrogen-bond donors (Lipinski definition) is 4. The molecule has 0 bridgehead atoms. The van der Waals surface area contributed by atoms with E-state index in [9.17, 15) is 15.2 Å². The summed E-state index contributed by atoms with van der Waals surface area (Å²) in [5, 5.41) is 33.6. The fourth-order valence-electron chi connectivity index (χ4n) is 3.94. The number of aromatic nitrogens is 2. The molecule has 0 radical (unpaired) electrons. The standard InChI is InChI=1S/C25H27ClN6O2S.CH2O2/c1-4-18-11-17(12-20(26)29-18)22-21(16-7-5-6-15(10-16)13-27)30-23(35-22)31-24(33)32-9-8-28-19(14-32)25(2,3)34;2-1-3/h5-7,10-12,19,28,34H,4,8-9,14H2,1-3H3,(H,30,31,33);1H,(H,2,3)/t19-;/m0./s1. The second-order valence-corrected chi connectivity index (χ2v) is 10.4. The summed E-state index contributed by atoms with van der Waals surface area (Å²) < 4.78 is 0. The minimum absolute atomic E-state index is 0.232. The number of halogens is 1. The highest BCUT2D eigenvalue weighted by Crippen LogP contribution is 2.40. The average Bonchev–Trinajstić information content (AvgIpc) is 3.32. The Kier molecular flexibility index (Phi) is 9.77. The van der Waals surface area contributed by atoms with E-state index in [0.717, 1.165) is 28.1 Å². The van der Waals surface area contributed by atoms with Crippen molar-refractivity contribution in [3.8, 4) is 27.8 Å². The molecule has 38 heavy (non-hydrogen) atoms. The van der Waals surface area contributed by atoms with E-state index < -0.39 is 5.60 Å². The van der Waals surface area contributed by atoms with Crippen LogP contribution in [0.2, 0.25) is 5.15 Å². The zero-order chi connectivity index (χ0) is 27.9. The van der Waals surface area contributed by atoms with Gasteiger partial charge in [0.2, 0.25) is 0 Å². The van der Waals surface area contributed by atoms with E-state index in [4.69, 9.17) is 26.5 Å². The van der Waals surface area contributed by atoms with Gasteiger partial charge in [0.25, 0.3) is 6.47 Å². The van der Waals surface area contributed by atoms with E-state index in [1.165, 1.54) is 11.3 Å². The van der Waals surface area contributed by atoms with Gasteiger partial charge in [0.05, 0.1) is 33.8 Å². The number of benzene rings is 1. The zero-order valence-electron chi connectivity index (χ0n) is 21.2. The predicted octanol–water partition coefficient (Wildman–Crippen LogP) is 4.24. The monoisotopic (exact) mass is 556 g/mol. The molecule has 0 aliphatic carbocycles. The summed E-state index contributed by atoms with van der Waals surface area (Å²) in [5.41, 5.74) is 2.69. The number of urea groups is 1. The van der Waals surface area contributed by atoms with Crippen molar-refractivity contribution in [2.24, 2.45) is 0 Å². The summed E-state index contributed by atoms with van der Waals surface area (Å²) in [7, 11) is 0. The molecule has 4 rings (SSSR count). The number of amides is 2. The molecule has 2 amide bonds. The van der Waals surface area contributed by atoms with Crippen molar-refractivity contribution < 1.29 is 19.8 Å². The van der Waals surface area contributed by atoms with Crippen LogP contribution in [0.1, 0.15) is 32.0 Å². The highest BCUT2D eigenvalue weighted by molar-refractivity contribution is 7.19. The molecule has 3 heterocycles. The number of thiazole rings is 1. The molecular formula is C26H29ClN6O4S. The molecule has 0 saturated carbocycles. The second kappa shape index (κ2) is 12.8.